The molecule has 3 nitrogen and oxygen atoms in total. The molecule has 1 aromatic heterocycles. The van der Waals surface area contributed by atoms with Gasteiger partial charge in [-0.05, 0) is 35.9 Å². The highest BCUT2D eigenvalue weighted by atomic mass is 16.4. The van der Waals surface area contributed by atoms with Gasteiger partial charge in [0.05, 0.1) is 6.42 Å². The molecule has 0 unspecified atom stereocenters. The van der Waals surface area contributed by atoms with E-state index >= 15 is 0 Å². The van der Waals surface area contributed by atoms with Crippen LogP contribution in [0.15, 0.2) is 30.5 Å². The van der Waals surface area contributed by atoms with Crippen LogP contribution in [0.2, 0.25) is 0 Å². The third-order valence-electron chi connectivity index (χ3n) is 3.97. The summed E-state index contributed by atoms with van der Waals surface area (Å²) >= 11 is 0. The van der Waals surface area contributed by atoms with Crippen molar-refractivity contribution in [2.75, 3.05) is 0 Å². The summed E-state index contributed by atoms with van der Waals surface area (Å²) < 4.78 is 0. The maximum absolute atomic E-state index is 11.0. The molecule has 1 aliphatic rings. The molecule has 0 radical (unpaired) electrons. The van der Waals surface area contributed by atoms with Gasteiger partial charge >= 0.3 is 5.97 Å². The summed E-state index contributed by atoms with van der Waals surface area (Å²) in [6.45, 7) is 0. The van der Waals surface area contributed by atoms with Crippen LogP contribution in [-0.4, -0.2) is 16.1 Å². The number of rotatable bonds is 3. The summed E-state index contributed by atoms with van der Waals surface area (Å²) in [6, 6.07) is 8.29. The Bertz CT molecular complexity index is 566. The summed E-state index contributed by atoms with van der Waals surface area (Å²) in [5, 5.41) is 10.2. The first-order chi connectivity index (χ1) is 8.20. The van der Waals surface area contributed by atoms with Crippen molar-refractivity contribution in [3.8, 4) is 0 Å². The number of aromatic amines is 1. The molecule has 1 fully saturated rings. The van der Waals surface area contributed by atoms with E-state index in [0.29, 0.717) is 0 Å². The Morgan fingerprint density at radius 3 is 2.82 bits per heavy atom. The van der Waals surface area contributed by atoms with Crippen molar-refractivity contribution < 1.29 is 9.90 Å². The Labute approximate surface area is 99.5 Å². The lowest BCUT2D eigenvalue weighted by Crippen LogP contribution is -2.36. The average molecular weight is 229 g/mol. The minimum Gasteiger partial charge on any atom is -0.481 e. The van der Waals surface area contributed by atoms with Crippen LogP contribution in [0.1, 0.15) is 31.2 Å². The molecule has 3 heteroatoms. The maximum Gasteiger partial charge on any atom is 0.304 e. The molecule has 0 atom stereocenters. The van der Waals surface area contributed by atoms with Crippen molar-refractivity contribution in [1.29, 1.82) is 0 Å². The fourth-order valence-corrected chi connectivity index (χ4v) is 2.84. The first-order valence-electron chi connectivity index (χ1n) is 5.99. The second-order valence-corrected chi connectivity index (χ2v) is 4.98. The molecule has 3 rings (SSSR count). The predicted octanol–water partition coefficient (Wildman–Crippen LogP) is 3.06. The minimum absolute atomic E-state index is 0.120. The SMILES string of the molecule is O=C(O)CC1(c2ccc3cc[nH]c3c2)CCC1. The van der Waals surface area contributed by atoms with E-state index in [-0.39, 0.29) is 11.8 Å². The van der Waals surface area contributed by atoms with E-state index in [1.165, 1.54) is 10.9 Å². The number of carbonyl (C=O) groups is 1. The smallest absolute Gasteiger partial charge is 0.304 e. The van der Waals surface area contributed by atoms with E-state index in [0.717, 1.165) is 24.8 Å². The number of aliphatic carboxylic acids is 1. The van der Waals surface area contributed by atoms with E-state index in [1.807, 2.05) is 12.3 Å². The van der Waals surface area contributed by atoms with Gasteiger partial charge < -0.3 is 10.1 Å². The number of hydrogen-bond acceptors (Lipinski definition) is 1. The number of carboxylic acid groups (broad SMARTS) is 1. The highest BCUT2D eigenvalue weighted by Gasteiger charge is 2.40. The molecule has 1 heterocycles. The summed E-state index contributed by atoms with van der Waals surface area (Å²) in [4.78, 5) is 14.2. The Balaban J connectivity index is 2.03. The normalized spacial score (nSPS) is 17.9. The fraction of sp³-hybridized carbons (Fsp3) is 0.357. The van der Waals surface area contributed by atoms with Crippen LogP contribution >= 0.6 is 0 Å². The van der Waals surface area contributed by atoms with Crippen LogP contribution in [0.3, 0.4) is 0 Å². The molecular formula is C14H15NO2. The second-order valence-electron chi connectivity index (χ2n) is 4.98. The Morgan fingerprint density at radius 1 is 1.35 bits per heavy atom. The molecule has 2 N–H and O–H groups in total. The average Bonchev–Trinajstić information content (AvgIpc) is 2.69. The van der Waals surface area contributed by atoms with Crippen molar-refractivity contribution in [2.45, 2.75) is 31.1 Å². The predicted molar refractivity (Wildman–Crippen MR) is 66.1 cm³/mol. The van der Waals surface area contributed by atoms with E-state index < -0.39 is 5.97 Å². The number of benzene rings is 1. The monoisotopic (exact) mass is 229 g/mol. The summed E-state index contributed by atoms with van der Waals surface area (Å²) in [7, 11) is 0. The summed E-state index contributed by atoms with van der Waals surface area (Å²) in [6.07, 6.45) is 5.28. The molecular weight excluding hydrogens is 214 g/mol. The van der Waals surface area contributed by atoms with Crippen LogP contribution < -0.4 is 0 Å². The van der Waals surface area contributed by atoms with Crippen LogP contribution in [-0.2, 0) is 10.2 Å². The Hall–Kier alpha value is -1.77. The zero-order chi connectivity index (χ0) is 11.9. The highest BCUT2D eigenvalue weighted by Crippen LogP contribution is 2.46. The molecule has 1 aromatic carbocycles. The third kappa shape index (κ3) is 1.62. The molecule has 17 heavy (non-hydrogen) atoms. The number of H-pyrrole nitrogens is 1. The van der Waals surface area contributed by atoms with Crippen molar-refractivity contribution in [3.63, 3.8) is 0 Å². The van der Waals surface area contributed by atoms with Gasteiger partial charge in [0.15, 0.2) is 0 Å². The van der Waals surface area contributed by atoms with Crippen LogP contribution in [0.4, 0.5) is 0 Å². The van der Waals surface area contributed by atoms with E-state index in [4.69, 9.17) is 5.11 Å². The van der Waals surface area contributed by atoms with Crippen molar-refractivity contribution in [1.82, 2.24) is 4.98 Å². The van der Waals surface area contributed by atoms with Crippen molar-refractivity contribution in [3.05, 3.63) is 36.0 Å². The number of nitrogens with one attached hydrogen (secondary N) is 1. The van der Waals surface area contributed by atoms with Gasteiger partial charge in [-0.1, -0.05) is 18.6 Å². The number of hydrogen-bond donors (Lipinski definition) is 2. The molecule has 0 saturated heterocycles. The molecule has 1 aliphatic carbocycles. The molecule has 2 aromatic rings. The molecule has 0 aliphatic heterocycles. The van der Waals surface area contributed by atoms with Gasteiger partial charge in [0.1, 0.15) is 0 Å². The Kier molecular flexibility index (Phi) is 2.21. The van der Waals surface area contributed by atoms with Gasteiger partial charge in [-0.15, -0.1) is 0 Å². The zero-order valence-electron chi connectivity index (χ0n) is 9.57. The quantitative estimate of drug-likeness (QED) is 0.849. The van der Waals surface area contributed by atoms with Crippen molar-refractivity contribution >= 4 is 16.9 Å². The van der Waals surface area contributed by atoms with Gasteiger partial charge in [0.2, 0.25) is 0 Å². The van der Waals surface area contributed by atoms with E-state index in [9.17, 15) is 4.79 Å². The van der Waals surface area contributed by atoms with Gasteiger partial charge in [-0.25, -0.2) is 0 Å². The van der Waals surface area contributed by atoms with Crippen LogP contribution in [0.5, 0.6) is 0 Å². The van der Waals surface area contributed by atoms with Gasteiger partial charge in [-0.3, -0.25) is 4.79 Å². The van der Waals surface area contributed by atoms with Gasteiger partial charge in [-0.2, -0.15) is 0 Å². The summed E-state index contributed by atoms with van der Waals surface area (Å²) in [5.41, 5.74) is 2.14. The maximum atomic E-state index is 11.0. The van der Waals surface area contributed by atoms with Gasteiger partial charge in [0.25, 0.3) is 0 Å². The fourth-order valence-electron chi connectivity index (χ4n) is 2.84. The minimum atomic E-state index is -0.698. The molecule has 0 spiro atoms. The highest BCUT2D eigenvalue weighted by molar-refractivity contribution is 5.80. The van der Waals surface area contributed by atoms with E-state index in [2.05, 4.69) is 23.2 Å². The van der Waals surface area contributed by atoms with Gasteiger partial charge in [0, 0.05) is 17.1 Å². The summed E-state index contributed by atoms with van der Waals surface area (Å²) in [5.74, 6) is -0.698. The number of aromatic nitrogens is 1. The first kappa shape index (κ1) is 10.4. The molecule has 88 valence electrons. The first-order valence-corrected chi connectivity index (χ1v) is 5.99. The largest absolute Gasteiger partial charge is 0.481 e. The lowest BCUT2D eigenvalue weighted by Gasteiger charge is -2.41. The lowest BCUT2D eigenvalue weighted by molar-refractivity contribution is -0.139. The topological polar surface area (TPSA) is 53.1 Å². The molecule has 0 amide bonds. The van der Waals surface area contributed by atoms with Crippen LogP contribution in [0, 0.1) is 0 Å². The lowest BCUT2D eigenvalue weighted by atomic mass is 9.62. The standard InChI is InChI=1S/C14H15NO2/c16-13(17)9-14(5-1-6-14)11-3-2-10-4-7-15-12(10)8-11/h2-4,7-8,15H,1,5-6,9H2,(H,16,17). The Morgan fingerprint density at radius 2 is 2.18 bits per heavy atom. The van der Waals surface area contributed by atoms with Crippen LogP contribution in [0.25, 0.3) is 10.9 Å². The number of carboxylic acids is 1. The van der Waals surface area contributed by atoms with Crippen molar-refractivity contribution in [2.24, 2.45) is 0 Å². The third-order valence-corrected chi connectivity index (χ3v) is 3.97. The second kappa shape index (κ2) is 3.62. The molecule has 0 bridgehead atoms. The van der Waals surface area contributed by atoms with E-state index in [1.54, 1.807) is 0 Å². The number of fused-ring (bicyclic) bond motifs is 1. The zero-order valence-corrected chi connectivity index (χ0v) is 9.57. The molecule has 1 saturated carbocycles.